The summed E-state index contributed by atoms with van der Waals surface area (Å²) in [5.74, 6) is 0.319. The molecule has 0 radical (unpaired) electrons. The molecule has 0 atom stereocenters. The third-order valence-electron chi connectivity index (χ3n) is 4.14. The van der Waals surface area contributed by atoms with Crippen molar-refractivity contribution in [2.75, 3.05) is 4.90 Å². The van der Waals surface area contributed by atoms with E-state index in [1.807, 2.05) is 0 Å². The molecule has 0 spiro atoms. The van der Waals surface area contributed by atoms with Crippen molar-refractivity contribution in [1.29, 1.82) is 0 Å². The number of nitrogens with zero attached hydrogens (tertiary/aromatic N) is 2. The molecule has 2 aromatic carbocycles. The quantitative estimate of drug-likeness (QED) is 0.241. The number of amides is 1. The number of rotatable bonds is 4. The number of hydrogen-bond acceptors (Lipinski definition) is 6. The summed E-state index contributed by atoms with van der Waals surface area (Å²) in [6, 6.07) is 14.9. The lowest BCUT2D eigenvalue weighted by Crippen LogP contribution is -2.27. The molecule has 0 N–H and O–H groups in total. The highest BCUT2D eigenvalue weighted by molar-refractivity contribution is 8.27. The molecular formula is C20H11FN2O4S2. The molecule has 29 heavy (non-hydrogen) atoms. The predicted molar refractivity (Wildman–Crippen MR) is 113 cm³/mol. The Bertz CT molecular complexity index is 1150. The number of carbonyl (C=O) groups excluding carboxylic acids is 1. The van der Waals surface area contributed by atoms with Crippen molar-refractivity contribution in [1.82, 2.24) is 0 Å². The van der Waals surface area contributed by atoms with Crippen LogP contribution in [0, 0.1) is 15.9 Å². The van der Waals surface area contributed by atoms with E-state index in [1.165, 1.54) is 41.3 Å². The first kappa shape index (κ1) is 19.0. The molecule has 0 unspecified atom stereocenters. The smallest absolute Gasteiger partial charge is 0.270 e. The van der Waals surface area contributed by atoms with Crippen LogP contribution in [0.3, 0.4) is 0 Å². The topological polar surface area (TPSA) is 76.6 Å². The lowest BCUT2D eigenvalue weighted by atomic mass is 10.2. The number of nitro groups is 1. The molecule has 6 nitrogen and oxygen atoms in total. The molecule has 9 heteroatoms. The number of halogens is 1. The molecule has 1 amide bonds. The van der Waals surface area contributed by atoms with E-state index in [1.54, 1.807) is 30.3 Å². The number of benzene rings is 2. The molecule has 1 fully saturated rings. The van der Waals surface area contributed by atoms with Gasteiger partial charge in [0.15, 0.2) is 4.32 Å². The van der Waals surface area contributed by atoms with Crippen molar-refractivity contribution < 1.29 is 18.5 Å². The number of thiocarbonyl (C=S) groups is 1. The van der Waals surface area contributed by atoms with Crippen LogP contribution in [-0.4, -0.2) is 15.2 Å². The van der Waals surface area contributed by atoms with Gasteiger partial charge in [-0.05, 0) is 48.5 Å². The van der Waals surface area contributed by atoms with Crippen molar-refractivity contribution >= 4 is 51.7 Å². The van der Waals surface area contributed by atoms with Gasteiger partial charge in [-0.1, -0.05) is 24.0 Å². The van der Waals surface area contributed by atoms with Crippen molar-refractivity contribution in [3.05, 3.63) is 87.3 Å². The minimum Gasteiger partial charge on any atom is -0.457 e. The molecule has 144 valence electrons. The van der Waals surface area contributed by atoms with Crippen LogP contribution < -0.4 is 4.90 Å². The SMILES string of the molecule is O=C1/C(=C\c2ccc(-c3ccc(F)cc3)o2)SC(=S)N1c1ccc([N+](=O)[O-])cc1. The minimum atomic E-state index is -0.510. The Balaban J connectivity index is 1.58. The number of hydrogen-bond donors (Lipinski definition) is 0. The first-order valence-corrected chi connectivity index (χ1v) is 9.53. The monoisotopic (exact) mass is 426 g/mol. The summed E-state index contributed by atoms with van der Waals surface area (Å²) in [6.45, 7) is 0. The fourth-order valence-electron chi connectivity index (χ4n) is 2.74. The second kappa shape index (κ2) is 7.61. The van der Waals surface area contributed by atoms with Gasteiger partial charge in [0.1, 0.15) is 17.3 Å². The van der Waals surface area contributed by atoms with E-state index in [9.17, 15) is 19.3 Å². The summed E-state index contributed by atoms with van der Waals surface area (Å²) in [4.78, 5) is 24.8. The second-order valence-electron chi connectivity index (χ2n) is 6.00. The Labute approximate surface area is 173 Å². The zero-order chi connectivity index (χ0) is 20.5. The normalized spacial score (nSPS) is 15.3. The van der Waals surface area contributed by atoms with E-state index in [-0.39, 0.29) is 17.4 Å². The number of furan rings is 1. The lowest BCUT2D eigenvalue weighted by Gasteiger charge is -2.13. The van der Waals surface area contributed by atoms with E-state index in [2.05, 4.69) is 0 Å². The highest BCUT2D eigenvalue weighted by atomic mass is 32.2. The van der Waals surface area contributed by atoms with Gasteiger partial charge in [0, 0.05) is 23.8 Å². The highest BCUT2D eigenvalue weighted by Gasteiger charge is 2.33. The molecule has 0 aliphatic carbocycles. The number of carbonyl (C=O) groups is 1. The van der Waals surface area contributed by atoms with Crippen LogP contribution in [0.2, 0.25) is 0 Å². The fraction of sp³-hybridized carbons (Fsp3) is 0. The van der Waals surface area contributed by atoms with Crippen LogP contribution in [0.1, 0.15) is 5.76 Å². The Kier molecular flexibility index (Phi) is 4.99. The molecule has 0 saturated carbocycles. The summed E-state index contributed by atoms with van der Waals surface area (Å²) in [5.41, 5.74) is 1.09. The summed E-state index contributed by atoms with van der Waals surface area (Å²) in [7, 11) is 0. The molecule has 4 rings (SSSR count). The molecule has 1 saturated heterocycles. The third-order valence-corrected chi connectivity index (χ3v) is 5.44. The zero-order valence-corrected chi connectivity index (χ0v) is 16.2. The first-order chi connectivity index (χ1) is 13.9. The van der Waals surface area contributed by atoms with E-state index < -0.39 is 4.92 Å². The highest BCUT2D eigenvalue weighted by Crippen LogP contribution is 2.37. The van der Waals surface area contributed by atoms with E-state index >= 15 is 0 Å². The van der Waals surface area contributed by atoms with Gasteiger partial charge in [0.25, 0.3) is 11.6 Å². The summed E-state index contributed by atoms with van der Waals surface area (Å²) < 4.78 is 19.1. The maximum absolute atomic E-state index is 13.1. The number of nitro benzene ring substituents is 1. The van der Waals surface area contributed by atoms with E-state index in [0.29, 0.717) is 32.0 Å². The van der Waals surface area contributed by atoms with Gasteiger partial charge < -0.3 is 4.42 Å². The van der Waals surface area contributed by atoms with Crippen molar-refractivity contribution in [3.8, 4) is 11.3 Å². The minimum absolute atomic E-state index is 0.0707. The van der Waals surface area contributed by atoms with Gasteiger partial charge in [-0.15, -0.1) is 0 Å². The van der Waals surface area contributed by atoms with Crippen LogP contribution in [0.5, 0.6) is 0 Å². The molecule has 0 bridgehead atoms. The van der Waals surface area contributed by atoms with Gasteiger partial charge in [-0.3, -0.25) is 19.8 Å². The second-order valence-corrected chi connectivity index (χ2v) is 7.68. The Morgan fingerprint density at radius 2 is 1.76 bits per heavy atom. The number of thioether (sulfide) groups is 1. The van der Waals surface area contributed by atoms with Crippen LogP contribution in [0.4, 0.5) is 15.8 Å². The van der Waals surface area contributed by atoms with Gasteiger partial charge in [-0.25, -0.2) is 4.39 Å². The average Bonchev–Trinajstić information content (AvgIpc) is 3.27. The number of anilines is 1. The Morgan fingerprint density at radius 1 is 1.07 bits per heavy atom. The van der Waals surface area contributed by atoms with Crippen molar-refractivity contribution in [3.63, 3.8) is 0 Å². The largest absolute Gasteiger partial charge is 0.457 e. The Morgan fingerprint density at radius 3 is 2.41 bits per heavy atom. The van der Waals surface area contributed by atoms with Gasteiger partial charge in [0.2, 0.25) is 0 Å². The van der Waals surface area contributed by atoms with Crippen LogP contribution in [-0.2, 0) is 4.79 Å². The first-order valence-electron chi connectivity index (χ1n) is 8.30. The molecule has 1 aromatic heterocycles. The lowest BCUT2D eigenvalue weighted by molar-refractivity contribution is -0.384. The van der Waals surface area contributed by atoms with Crippen molar-refractivity contribution in [2.24, 2.45) is 0 Å². The zero-order valence-electron chi connectivity index (χ0n) is 14.6. The van der Waals surface area contributed by atoms with Gasteiger partial charge in [-0.2, -0.15) is 0 Å². The molecule has 3 aromatic rings. The van der Waals surface area contributed by atoms with Crippen LogP contribution >= 0.6 is 24.0 Å². The van der Waals surface area contributed by atoms with E-state index in [4.69, 9.17) is 16.6 Å². The number of non-ortho nitro benzene ring substituents is 1. The average molecular weight is 426 g/mol. The Hall–Kier alpha value is -3.30. The van der Waals surface area contributed by atoms with Crippen LogP contribution in [0.15, 0.2) is 70.0 Å². The maximum atomic E-state index is 13.1. The standard InChI is InChI=1S/C20H11FN2O4S2/c21-13-3-1-12(2-4-13)17-10-9-16(27-17)11-18-19(24)22(20(28)29-18)14-5-7-15(8-6-14)23(25)26/h1-11H/b18-11+. The third kappa shape index (κ3) is 3.82. The summed E-state index contributed by atoms with van der Waals surface area (Å²) >= 11 is 6.41. The maximum Gasteiger partial charge on any atom is 0.270 e. The van der Waals surface area contributed by atoms with Gasteiger partial charge >= 0.3 is 0 Å². The molecule has 1 aliphatic rings. The van der Waals surface area contributed by atoms with E-state index in [0.717, 1.165) is 11.8 Å². The molecule has 1 aliphatic heterocycles. The summed E-state index contributed by atoms with van der Waals surface area (Å²) in [6.07, 6.45) is 1.58. The predicted octanol–water partition coefficient (Wildman–Crippen LogP) is 5.40. The van der Waals surface area contributed by atoms with Crippen LogP contribution in [0.25, 0.3) is 17.4 Å². The van der Waals surface area contributed by atoms with Gasteiger partial charge in [0.05, 0.1) is 15.5 Å². The fourth-order valence-corrected chi connectivity index (χ4v) is 4.02. The summed E-state index contributed by atoms with van der Waals surface area (Å²) in [5, 5.41) is 10.8. The van der Waals surface area contributed by atoms with Crippen molar-refractivity contribution in [2.45, 2.75) is 0 Å². The molecule has 2 heterocycles. The molecular weight excluding hydrogens is 415 g/mol.